The Morgan fingerprint density at radius 2 is 1.07 bits per heavy atom. The van der Waals surface area contributed by atoms with Gasteiger partial charge < -0.3 is 28.8 Å². The van der Waals surface area contributed by atoms with E-state index >= 15 is 0 Å². The zero-order valence-electron chi connectivity index (χ0n) is 23.8. The van der Waals surface area contributed by atoms with Crippen molar-refractivity contribution in [1.29, 1.82) is 0 Å². The summed E-state index contributed by atoms with van der Waals surface area (Å²) in [6.07, 6.45) is 8.31. The predicted octanol–water partition coefficient (Wildman–Crippen LogP) is 5.92. The largest absolute Gasteiger partial charge is 0.523 e. The van der Waals surface area contributed by atoms with E-state index in [1.807, 2.05) is 0 Å². The molecule has 0 aromatic heterocycles. The Labute approximate surface area is 255 Å². The molecule has 221 valence electrons. The Bertz CT molecular complexity index is 1500. The van der Waals surface area contributed by atoms with Crippen molar-refractivity contribution in [2.75, 3.05) is 35.5 Å². The van der Waals surface area contributed by atoms with Crippen LogP contribution in [0.25, 0.3) is 18.2 Å². The molecule has 3 aromatic carbocycles. The van der Waals surface area contributed by atoms with E-state index in [2.05, 4.69) is 6.07 Å². The molecule has 0 fully saturated rings. The molecule has 0 bridgehead atoms. The molecular formula is C33H31CoO8-. The zero-order chi connectivity index (χ0) is 29.8. The van der Waals surface area contributed by atoms with Crippen molar-refractivity contribution in [3.8, 4) is 28.7 Å². The molecular weight excluding hydrogens is 583 g/mol. The maximum absolute atomic E-state index is 13.3. The van der Waals surface area contributed by atoms with Crippen molar-refractivity contribution in [2.45, 2.75) is 0 Å². The van der Waals surface area contributed by atoms with Gasteiger partial charge in [0.1, 0.15) is 11.3 Å². The van der Waals surface area contributed by atoms with Gasteiger partial charge in [-0.25, -0.2) is 0 Å². The first-order valence-corrected chi connectivity index (χ1v) is 12.4. The molecule has 0 saturated heterocycles. The average molecular weight is 615 g/mol. The van der Waals surface area contributed by atoms with E-state index in [1.54, 1.807) is 60.7 Å². The van der Waals surface area contributed by atoms with Crippen molar-refractivity contribution in [3.63, 3.8) is 0 Å². The molecule has 0 spiro atoms. The molecule has 0 saturated carbocycles. The molecule has 0 amide bonds. The summed E-state index contributed by atoms with van der Waals surface area (Å²) in [6, 6.07) is 18.2. The van der Waals surface area contributed by atoms with Gasteiger partial charge in [0, 0.05) is 22.5 Å². The number of aliphatic hydroxyl groups excluding tert-OH is 1. The van der Waals surface area contributed by atoms with Crippen LogP contribution in [0.15, 0.2) is 84.2 Å². The van der Waals surface area contributed by atoms with Gasteiger partial charge in [0.05, 0.1) is 35.5 Å². The molecule has 3 rings (SSSR count). The minimum Gasteiger partial charge on any atom is -0.523 e. The number of hydrogen-bond donors (Lipinski definition) is 1. The molecule has 0 aliphatic heterocycles. The number of carbonyl (C=O) groups is 2. The topological polar surface area (TPSA) is 101 Å². The van der Waals surface area contributed by atoms with Crippen LogP contribution in [0.5, 0.6) is 28.7 Å². The molecule has 0 atom stereocenters. The van der Waals surface area contributed by atoms with Gasteiger partial charge in [-0.05, 0) is 53.6 Å². The van der Waals surface area contributed by atoms with Crippen molar-refractivity contribution in [2.24, 2.45) is 0 Å². The minimum atomic E-state index is -0.690. The first-order chi connectivity index (χ1) is 19.8. The summed E-state index contributed by atoms with van der Waals surface area (Å²) >= 11 is 0. The quantitative estimate of drug-likeness (QED) is 0.0633. The summed E-state index contributed by atoms with van der Waals surface area (Å²) in [5, 5.41) is 10.9. The Kier molecular flexibility index (Phi) is 13.2. The van der Waals surface area contributed by atoms with Crippen LogP contribution in [0.2, 0.25) is 0 Å². The van der Waals surface area contributed by atoms with Gasteiger partial charge in [-0.1, -0.05) is 24.3 Å². The number of allylic oxidation sites excluding steroid dienone is 4. The summed E-state index contributed by atoms with van der Waals surface area (Å²) in [5.74, 6) is 0.710. The van der Waals surface area contributed by atoms with E-state index in [4.69, 9.17) is 23.7 Å². The van der Waals surface area contributed by atoms with Crippen LogP contribution < -0.4 is 23.7 Å². The molecule has 9 heteroatoms. The fourth-order valence-corrected chi connectivity index (χ4v) is 3.71. The maximum Gasteiger partial charge on any atom is 0.193 e. The smallest absolute Gasteiger partial charge is 0.193 e. The number of hydrogen-bond acceptors (Lipinski definition) is 8. The number of ketones is 2. The van der Waals surface area contributed by atoms with E-state index in [9.17, 15) is 14.7 Å². The maximum atomic E-state index is 13.3. The molecule has 1 radical (unpaired) electrons. The monoisotopic (exact) mass is 614 g/mol. The van der Waals surface area contributed by atoms with Gasteiger partial charge in [0.25, 0.3) is 0 Å². The van der Waals surface area contributed by atoms with Crippen LogP contribution >= 0.6 is 0 Å². The summed E-state index contributed by atoms with van der Waals surface area (Å²) in [5.41, 5.74) is 1.53. The number of ether oxygens (including phenoxy) is 5. The van der Waals surface area contributed by atoms with Crippen LogP contribution in [-0.4, -0.2) is 52.2 Å². The third-order valence-corrected chi connectivity index (χ3v) is 5.88. The third kappa shape index (κ3) is 8.89. The van der Waals surface area contributed by atoms with E-state index in [0.717, 1.165) is 0 Å². The fourth-order valence-electron chi connectivity index (χ4n) is 3.71. The molecule has 0 heterocycles. The second kappa shape index (κ2) is 16.5. The van der Waals surface area contributed by atoms with Crippen molar-refractivity contribution < 1.29 is 55.2 Å². The standard InChI is InChI=1S/C33H31O8.Co/c1-37-25-13-6-22(7-14-25)8-15-26(34)33(27(35)16-9-23-11-18-29(38-2)31(20-23)40-4)28(36)17-10-24-12-19-30(39-3)32(21-24)41-5;/h6-13,15-21,35H,1-5H3;/q-1;/b15-8+,16-9+,17-10+,33-27+;. The number of benzene rings is 3. The number of rotatable bonds is 13. The summed E-state index contributed by atoms with van der Waals surface area (Å²) in [7, 11) is 7.59. The number of methoxy groups -OCH3 is 5. The molecule has 1 N–H and O–H groups in total. The Morgan fingerprint density at radius 3 is 1.50 bits per heavy atom. The summed E-state index contributed by atoms with van der Waals surface area (Å²) in [6.45, 7) is 0. The Balaban J connectivity index is 0.00000616. The second-order valence-electron chi connectivity index (χ2n) is 8.41. The van der Waals surface area contributed by atoms with Gasteiger partial charge >= 0.3 is 0 Å². The van der Waals surface area contributed by atoms with E-state index in [-0.39, 0.29) is 16.8 Å². The Hall–Kier alpha value is -4.73. The van der Waals surface area contributed by atoms with Crippen LogP contribution in [0.4, 0.5) is 0 Å². The molecule has 0 aliphatic rings. The number of aliphatic hydroxyl groups is 1. The minimum absolute atomic E-state index is 0. The third-order valence-electron chi connectivity index (χ3n) is 5.88. The van der Waals surface area contributed by atoms with Crippen LogP contribution in [0.3, 0.4) is 0 Å². The number of carbonyl (C=O) groups excluding carboxylic acids is 2. The molecule has 8 nitrogen and oxygen atoms in total. The zero-order valence-corrected chi connectivity index (χ0v) is 24.8. The SMILES string of the molecule is COc1[c-]cc(/C=C/C(=O)/C(C(=O)/C=C/c2ccc(OC)c(OC)c2)=C(O)/C=C/c2ccc(OC)c(OC)c2)cc1.[Co]. The molecule has 0 aliphatic carbocycles. The molecule has 42 heavy (non-hydrogen) atoms. The Morgan fingerprint density at radius 1 is 0.619 bits per heavy atom. The average Bonchev–Trinajstić information content (AvgIpc) is 3.01. The first kappa shape index (κ1) is 33.5. The predicted molar refractivity (Wildman–Crippen MR) is 158 cm³/mol. The fraction of sp³-hybridized carbons (Fsp3) is 0.152. The van der Waals surface area contributed by atoms with Gasteiger partial charge in [-0.2, -0.15) is 12.1 Å². The van der Waals surface area contributed by atoms with Gasteiger partial charge in [-0.3, -0.25) is 9.59 Å². The molecule has 3 aromatic rings. The van der Waals surface area contributed by atoms with E-state index in [1.165, 1.54) is 65.9 Å². The van der Waals surface area contributed by atoms with Crippen molar-refractivity contribution in [1.82, 2.24) is 0 Å². The molecule has 0 unspecified atom stereocenters. The van der Waals surface area contributed by atoms with Gasteiger partial charge in [0.2, 0.25) is 0 Å². The summed E-state index contributed by atoms with van der Waals surface area (Å²) in [4.78, 5) is 26.5. The van der Waals surface area contributed by atoms with Gasteiger partial charge in [0.15, 0.2) is 34.6 Å². The summed E-state index contributed by atoms with van der Waals surface area (Å²) < 4.78 is 26.2. The van der Waals surface area contributed by atoms with Crippen LogP contribution in [-0.2, 0) is 26.4 Å². The van der Waals surface area contributed by atoms with E-state index in [0.29, 0.717) is 45.4 Å². The van der Waals surface area contributed by atoms with Crippen LogP contribution in [0, 0.1) is 6.07 Å². The van der Waals surface area contributed by atoms with Crippen LogP contribution in [0.1, 0.15) is 16.7 Å². The van der Waals surface area contributed by atoms with Crippen molar-refractivity contribution >= 4 is 29.8 Å². The second-order valence-corrected chi connectivity index (χ2v) is 8.41. The normalized spacial score (nSPS) is 11.6. The van der Waals surface area contributed by atoms with E-state index < -0.39 is 22.9 Å². The first-order valence-electron chi connectivity index (χ1n) is 12.4. The van der Waals surface area contributed by atoms with Gasteiger partial charge in [-0.15, -0.1) is 23.8 Å². The van der Waals surface area contributed by atoms with Crippen molar-refractivity contribution in [3.05, 3.63) is 107 Å².